The van der Waals surface area contributed by atoms with Gasteiger partial charge in [0.2, 0.25) is 5.91 Å². The van der Waals surface area contributed by atoms with E-state index in [1.807, 2.05) is 0 Å². The molecule has 3 rings (SSSR count). The number of ether oxygens (including phenoxy) is 1. The highest BCUT2D eigenvalue weighted by atomic mass is 19.1. The van der Waals surface area contributed by atoms with Crippen LogP contribution in [-0.4, -0.2) is 79.3 Å². The van der Waals surface area contributed by atoms with Gasteiger partial charge in [0.05, 0.1) is 18.2 Å². The molecule has 5 N–H and O–H groups in total. The van der Waals surface area contributed by atoms with Gasteiger partial charge in [0.15, 0.2) is 0 Å². The lowest BCUT2D eigenvalue weighted by Crippen LogP contribution is -2.63. The van der Waals surface area contributed by atoms with Gasteiger partial charge >= 0.3 is 5.97 Å². The van der Waals surface area contributed by atoms with Crippen LogP contribution in [0.15, 0.2) is 0 Å². The van der Waals surface area contributed by atoms with E-state index in [9.17, 15) is 19.1 Å². The minimum atomic E-state index is -1.29. The van der Waals surface area contributed by atoms with Crippen LogP contribution in [0, 0.1) is 5.92 Å². The Morgan fingerprint density at radius 2 is 2.08 bits per heavy atom. The SMILES string of the molecule is COC1CC(C(=O)O)C(NC(=O)C2CCC(N3CCNC3)NN2)CC1F. The van der Waals surface area contributed by atoms with Crippen molar-refractivity contribution in [1.29, 1.82) is 0 Å². The number of carbonyl (C=O) groups excluding carboxylic acids is 1. The van der Waals surface area contributed by atoms with Crippen LogP contribution in [0.2, 0.25) is 0 Å². The van der Waals surface area contributed by atoms with Crippen LogP contribution in [0.5, 0.6) is 0 Å². The van der Waals surface area contributed by atoms with Gasteiger partial charge < -0.3 is 20.5 Å². The van der Waals surface area contributed by atoms with E-state index in [-0.39, 0.29) is 24.9 Å². The molecule has 1 amide bonds. The lowest BCUT2D eigenvalue weighted by molar-refractivity contribution is -0.148. The lowest BCUT2D eigenvalue weighted by atomic mass is 9.81. The summed E-state index contributed by atoms with van der Waals surface area (Å²) in [6.07, 6.45) is -0.435. The third-order valence-corrected chi connectivity index (χ3v) is 5.60. The first-order chi connectivity index (χ1) is 12.5. The molecule has 2 aliphatic heterocycles. The average molecular weight is 373 g/mol. The van der Waals surface area contributed by atoms with Crippen molar-refractivity contribution in [2.75, 3.05) is 26.9 Å². The van der Waals surface area contributed by atoms with E-state index >= 15 is 0 Å². The number of nitrogens with one attached hydrogen (secondary N) is 4. The van der Waals surface area contributed by atoms with Crippen LogP contribution in [-0.2, 0) is 14.3 Å². The molecule has 0 aromatic carbocycles. The third-order valence-electron chi connectivity index (χ3n) is 5.60. The van der Waals surface area contributed by atoms with Crippen LogP contribution in [0.3, 0.4) is 0 Å². The monoisotopic (exact) mass is 373 g/mol. The number of carboxylic acids is 1. The van der Waals surface area contributed by atoms with E-state index in [0.717, 1.165) is 26.2 Å². The summed E-state index contributed by atoms with van der Waals surface area (Å²) in [4.78, 5) is 26.3. The number of hydrogen-bond donors (Lipinski definition) is 5. The second-order valence-electron chi connectivity index (χ2n) is 7.23. The molecule has 10 heteroatoms. The maximum absolute atomic E-state index is 14.1. The Balaban J connectivity index is 1.52. The number of hydrogen-bond acceptors (Lipinski definition) is 7. The summed E-state index contributed by atoms with van der Waals surface area (Å²) in [6.45, 7) is 2.72. The number of methoxy groups -OCH3 is 1. The first-order valence-electron chi connectivity index (χ1n) is 9.15. The Hall–Kier alpha value is -1.33. The zero-order chi connectivity index (χ0) is 18.7. The molecule has 1 saturated carbocycles. The Bertz CT molecular complexity index is 511. The molecule has 0 bridgehead atoms. The number of hydrazine groups is 1. The summed E-state index contributed by atoms with van der Waals surface area (Å²) < 4.78 is 19.2. The Kier molecular flexibility index (Phi) is 6.41. The predicted octanol–water partition coefficient (Wildman–Crippen LogP) is -1.24. The maximum atomic E-state index is 14.1. The summed E-state index contributed by atoms with van der Waals surface area (Å²) in [5.74, 6) is -2.19. The third kappa shape index (κ3) is 4.32. The van der Waals surface area contributed by atoms with Gasteiger partial charge in [-0.1, -0.05) is 0 Å². The Labute approximate surface area is 152 Å². The zero-order valence-electron chi connectivity index (χ0n) is 14.9. The van der Waals surface area contributed by atoms with Crippen molar-refractivity contribution in [3.8, 4) is 0 Å². The number of aliphatic carboxylic acids is 1. The van der Waals surface area contributed by atoms with Gasteiger partial charge in [-0.3, -0.25) is 14.5 Å². The van der Waals surface area contributed by atoms with Crippen molar-refractivity contribution in [3.63, 3.8) is 0 Å². The summed E-state index contributed by atoms with van der Waals surface area (Å²) in [5, 5.41) is 15.4. The second kappa shape index (κ2) is 8.57. The highest BCUT2D eigenvalue weighted by Crippen LogP contribution is 2.29. The van der Waals surface area contributed by atoms with Crippen LogP contribution in [0.4, 0.5) is 4.39 Å². The van der Waals surface area contributed by atoms with Gasteiger partial charge in [-0.2, -0.15) is 0 Å². The van der Waals surface area contributed by atoms with Gasteiger partial charge in [0.1, 0.15) is 12.2 Å². The molecule has 2 saturated heterocycles. The normalized spacial score (nSPS) is 38.8. The van der Waals surface area contributed by atoms with Crippen molar-refractivity contribution >= 4 is 11.9 Å². The molecule has 3 fully saturated rings. The molecule has 1 aliphatic carbocycles. The van der Waals surface area contributed by atoms with Gasteiger partial charge in [-0.15, -0.1) is 0 Å². The van der Waals surface area contributed by atoms with Crippen molar-refractivity contribution in [3.05, 3.63) is 0 Å². The van der Waals surface area contributed by atoms with E-state index in [1.165, 1.54) is 7.11 Å². The molecular formula is C16H28FN5O4. The quantitative estimate of drug-likeness (QED) is 0.407. The molecule has 0 aromatic rings. The first-order valence-corrected chi connectivity index (χ1v) is 9.15. The number of halogens is 1. The fraction of sp³-hybridized carbons (Fsp3) is 0.875. The number of amides is 1. The van der Waals surface area contributed by atoms with Crippen molar-refractivity contribution in [1.82, 2.24) is 26.4 Å². The van der Waals surface area contributed by atoms with Crippen molar-refractivity contribution in [2.24, 2.45) is 5.92 Å². The molecule has 9 nitrogen and oxygen atoms in total. The number of alkyl halides is 1. The number of nitrogens with zero attached hydrogens (tertiary/aromatic N) is 1. The standard InChI is InChI=1S/C16H28FN5O4/c1-26-13-6-9(16(24)25)12(7-10(13)17)19-15(23)11-2-3-14(21-20-11)22-5-4-18-8-22/h9-14,18,20-21H,2-8H2,1H3,(H,19,23)(H,24,25). The number of carbonyl (C=O) groups is 2. The molecule has 0 radical (unpaired) electrons. The van der Waals surface area contributed by atoms with E-state index in [2.05, 4.69) is 26.4 Å². The molecule has 3 aliphatic rings. The fourth-order valence-corrected chi connectivity index (χ4v) is 4.01. The Morgan fingerprint density at radius 1 is 1.27 bits per heavy atom. The van der Waals surface area contributed by atoms with Crippen LogP contribution < -0.4 is 21.5 Å². The first kappa shape index (κ1) is 19.4. The fourth-order valence-electron chi connectivity index (χ4n) is 4.01. The predicted molar refractivity (Wildman–Crippen MR) is 90.6 cm³/mol. The van der Waals surface area contributed by atoms with Gasteiger partial charge in [0, 0.05) is 39.3 Å². The molecule has 148 valence electrons. The smallest absolute Gasteiger partial charge is 0.308 e. The van der Waals surface area contributed by atoms with Crippen LogP contribution in [0.1, 0.15) is 25.7 Å². The second-order valence-corrected chi connectivity index (χ2v) is 7.23. The largest absolute Gasteiger partial charge is 0.481 e. The van der Waals surface area contributed by atoms with E-state index < -0.39 is 36.2 Å². The Morgan fingerprint density at radius 3 is 2.65 bits per heavy atom. The number of carboxylic acid groups (broad SMARTS) is 1. The average Bonchev–Trinajstić information content (AvgIpc) is 3.16. The minimum Gasteiger partial charge on any atom is -0.481 e. The molecule has 6 unspecified atom stereocenters. The molecule has 0 aromatic heterocycles. The summed E-state index contributed by atoms with van der Waals surface area (Å²) >= 11 is 0. The number of rotatable bonds is 5. The minimum absolute atomic E-state index is 0.0521. The lowest BCUT2D eigenvalue weighted by Gasteiger charge is -2.38. The summed E-state index contributed by atoms with van der Waals surface area (Å²) in [7, 11) is 1.37. The molecular weight excluding hydrogens is 345 g/mol. The highest BCUT2D eigenvalue weighted by Gasteiger charge is 2.42. The van der Waals surface area contributed by atoms with E-state index in [1.54, 1.807) is 0 Å². The van der Waals surface area contributed by atoms with E-state index in [4.69, 9.17) is 4.74 Å². The molecule has 6 atom stereocenters. The summed E-state index contributed by atoms with van der Waals surface area (Å²) in [5.41, 5.74) is 6.17. The van der Waals surface area contributed by atoms with Crippen LogP contribution in [0.25, 0.3) is 0 Å². The maximum Gasteiger partial charge on any atom is 0.308 e. The van der Waals surface area contributed by atoms with Gasteiger partial charge in [0.25, 0.3) is 0 Å². The zero-order valence-corrected chi connectivity index (χ0v) is 14.9. The molecule has 0 spiro atoms. The molecule has 2 heterocycles. The van der Waals surface area contributed by atoms with Crippen molar-refractivity contribution in [2.45, 2.75) is 56.2 Å². The van der Waals surface area contributed by atoms with E-state index in [0.29, 0.717) is 6.42 Å². The summed E-state index contributed by atoms with van der Waals surface area (Å²) in [6, 6.07) is -1.20. The van der Waals surface area contributed by atoms with Crippen LogP contribution >= 0.6 is 0 Å². The van der Waals surface area contributed by atoms with Gasteiger partial charge in [-0.05, 0) is 19.3 Å². The van der Waals surface area contributed by atoms with Crippen molar-refractivity contribution < 1.29 is 23.8 Å². The van der Waals surface area contributed by atoms with Gasteiger partial charge in [-0.25, -0.2) is 15.2 Å². The highest BCUT2D eigenvalue weighted by molar-refractivity contribution is 5.83. The topological polar surface area (TPSA) is 115 Å². The molecule has 26 heavy (non-hydrogen) atoms.